The Kier molecular flexibility index (Phi) is 11.4. The minimum absolute atomic E-state index is 0.0363. The summed E-state index contributed by atoms with van der Waals surface area (Å²) in [5.74, 6) is 0.937. The molecule has 0 spiro atoms. The zero-order valence-corrected chi connectivity index (χ0v) is 46.6. The van der Waals surface area contributed by atoms with Crippen LogP contribution < -0.4 is 26.2 Å². The number of rotatable bonds is 4. The molecular formula is C67H77BN4. The molecule has 1 aromatic heterocycles. The summed E-state index contributed by atoms with van der Waals surface area (Å²) >= 11 is 0. The first-order valence-corrected chi connectivity index (χ1v) is 26.4. The Morgan fingerprint density at radius 2 is 0.792 bits per heavy atom. The summed E-state index contributed by atoms with van der Waals surface area (Å²) in [7, 11) is 0. The van der Waals surface area contributed by atoms with Crippen molar-refractivity contribution in [3.63, 3.8) is 0 Å². The molecule has 0 aliphatic carbocycles. The van der Waals surface area contributed by atoms with Crippen LogP contribution in [0.15, 0.2) is 140 Å². The molecule has 0 radical (unpaired) electrons. The molecular weight excluding hydrogens is 872 g/mol. The van der Waals surface area contributed by atoms with Crippen LogP contribution >= 0.6 is 0 Å². The molecule has 368 valence electrons. The van der Waals surface area contributed by atoms with Crippen molar-refractivity contribution in [2.24, 2.45) is 0 Å². The van der Waals surface area contributed by atoms with E-state index in [1.807, 2.05) is 0 Å². The van der Waals surface area contributed by atoms with Gasteiger partial charge in [-0.3, -0.25) is 4.57 Å². The molecule has 2 aliphatic rings. The lowest BCUT2D eigenvalue weighted by Gasteiger charge is -2.45. The molecule has 0 saturated carbocycles. The Hall–Kier alpha value is -6.33. The monoisotopic (exact) mass is 949 g/mol. The predicted molar refractivity (Wildman–Crippen MR) is 313 cm³/mol. The van der Waals surface area contributed by atoms with Crippen molar-refractivity contribution in [1.29, 1.82) is 0 Å². The van der Waals surface area contributed by atoms with Gasteiger partial charge in [0.1, 0.15) is 5.82 Å². The molecule has 4 nitrogen and oxygen atoms in total. The maximum Gasteiger partial charge on any atom is 0.252 e. The number of aromatic nitrogens is 2. The molecule has 0 fully saturated rings. The lowest BCUT2D eigenvalue weighted by atomic mass is 9.33. The number of hydrogen-bond acceptors (Lipinski definition) is 3. The molecule has 0 amide bonds. The summed E-state index contributed by atoms with van der Waals surface area (Å²) in [6.45, 7) is 41.9. The maximum atomic E-state index is 5.67. The Morgan fingerprint density at radius 1 is 0.347 bits per heavy atom. The average molecular weight is 949 g/mol. The summed E-state index contributed by atoms with van der Waals surface area (Å²) in [4.78, 5) is 10.9. The number of fused-ring (bicyclic) bond motifs is 5. The van der Waals surface area contributed by atoms with Gasteiger partial charge in [0.15, 0.2) is 0 Å². The van der Waals surface area contributed by atoms with Gasteiger partial charge in [-0.2, -0.15) is 0 Å². The first kappa shape index (κ1) is 49.3. The van der Waals surface area contributed by atoms with E-state index in [4.69, 9.17) is 4.98 Å². The molecule has 8 aromatic rings. The molecule has 0 saturated heterocycles. The van der Waals surface area contributed by atoms with Crippen LogP contribution in [0, 0.1) is 0 Å². The fraction of sp³-hybridized carbons (Fsp3) is 0.358. The van der Waals surface area contributed by atoms with E-state index in [2.05, 4.69) is 279 Å². The second-order valence-corrected chi connectivity index (χ2v) is 27.2. The molecule has 0 atom stereocenters. The van der Waals surface area contributed by atoms with Crippen LogP contribution in [0.5, 0.6) is 0 Å². The number of benzene rings is 7. The molecule has 10 rings (SSSR count). The smallest absolute Gasteiger partial charge is 0.252 e. The van der Waals surface area contributed by atoms with E-state index in [-0.39, 0.29) is 39.2 Å². The maximum absolute atomic E-state index is 5.67. The van der Waals surface area contributed by atoms with Crippen molar-refractivity contribution in [2.75, 3.05) is 9.80 Å². The summed E-state index contributed by atoms with van der Waals surface area (Å²) < 4.78 is 2.40. The molecule has 5 heteroatoms. The minimum Gasteiger partial charge on any atom is -0.311 e. The highest BCUT2D eigenvalue weighted by atomic mass is 15.2. The van der Waals surface area contributed by atoms with Crippen molar-refractivity contribution in [1.82, 2.24) is 9.55 Å². The number of para-hydroxylation sites is 1. The number of anilines is 6. The van der Waals surface area contributed by atoms with Crippen molar-refractivity contribution < 1.29 is 0 Å². The topological polar surface area (TPSA) is 24.3 Å². The minimum atomic E-state index is -0.0783. The molecule has 0 N–H and O–H groups in total. The van der Waals surface area contributed by atoms with Crippen molar-refractivity contribution in [3.8, 4) is 17.1 Å². The summed E-state index contributed by atoms with van der Waals surface area (Å²) in [5, 5.41) is 0. The number of imidazole rings is 1. The molecule has 0 unspecified atom stereocenters. The van der Waals surface area contributed by atoms with Crippen LogP contribution in [0.1, 0.15) is 158 Å². The third-order valence-corrected chi connectivity index (χ3v) is 15.5. The first-order valence-electron chi connectivity index (χ1n) is 26.4. The summed E-state index contributed by atoms with van der Waals surface area (Å²) in [5.41, 5.74) is 23.0. The average Bonchev–Trinajstić information content (AvgIpc) is 3.67. The zero-order valence-electron chi connectivity index (χ0n) is 46.6. The van der Waals surface area contributed by atoms with E-state index >= 15 is 0 Å². The quantitative estimate of drug-likeness (QED) is 0.164. The van der Waals surface area contributed by atoms with Crippen LogP contribution in [-0.4, -0.2) is 16.3 Å². The summed E-state index contributed by atoms with van der Waals surface area (Å²) in [6, 6.07) is 54.0. The van der Waals surface area contributed by atoms with E-state index in [9.17, 15) is 0 Å². The van der Waals surface area contributed by atoms with Gasteiger partial charge in [-0.25, -0.2) is 4.98 Å². The number of hydrogen-bond donors (Lipinski definition) is 0. The van der Waals surface area contributed by atoms with Crippen LogP contribution in [-0.2, 0) is 32.5 Å². The van der Waals surface area contributed by atoms with Crippen LogP contribution in [0.3, 0.4) is 0 Å². The Bertz CT molecular complexity index is 3340. The van der Waals surface area contributed by atoms with Crippen LogP contribution in [0.4, 0.5) is 34.1 Å². The zero-order chi connectivity index (χ0) is 51.8. The third kappa shape index (κ3) is 8.59. The van der Waals surface area contributed by atoms with Gasteiger partial charge >= 0.3 is 0 Å². The number of nitrogens with zero attached hydrogens (tertiary/aromatic N) is 4. The lowest BCUT2D eigenvalue weighted by molar-refractivity contribution is 0.568. The van der Waals surface area contributed by atoms with Crippen LogP contribution in [0.2, 0.25) is 0 Å². The van der Waals surface area contributed by atoms with Crippen molar-refractivity contribution in [3.05, 3.63) is 173 Å². The molecule has 2 aliphatic heterocycles. The van der Waals surface area contributed by atoms with Gasteiger partial charge in [0.25, 0.3) is 6.71 Å². The highest BCUT2D eigenvalue weighted by Gasteiger charge is 2.45. The standard InChI is InChI=1S/C67H77BN4/c1-62(2,3)43-29-27-42(28-30-43)61-69-54-41-58-53(40-59(54)72(61)49-23-20-19-21-24-49)68-52-39-44(63(4,5)6)31-32-55(52)70(50-35-45(64(7,8)9)33-46(36-50)65(10,11)12)56-25-22-26-57(60(56)68)71(58)51-37-47(66(13,14)15)34-48(38-51)67(16,17)18/h19-41H,1-18H3. The van der Waals surface area contributed by atoms with E-state index < -0.39 is 0 Å². The predicted octanol–water partition coefficient (Wildman–Crippen LogP) is 16.6. The molecule has 0 bridgehead atoms. The lowest BCUT2D eigenvalue weighted by Crippen LogP contribution is -2.61. The van der Waals surface area contributed by atoms with Crippen molar-refractivity contribution >= 4 is 68.3 Å². The first-order chi connectivity index (χ1) is 33.5. The molecule has 72 heavy (non-hydrogen) atoms. The van der Waals surface area contributed by atoms with Gasteiger partial charge in [-0.1, -0.05) is 197 Å². The Labute approximate surface area is 432 Å². The largest absolute Gasteiger partial charge is 0.311 e. The van der Waals surface area contributed by atoms with E-state index in [1.165, 1.54) is 83.9 Å². The Balaban J connectivity index is 1.35. The van der Waals surface area contributed by atoms with Gasteiger partial charge in [0, 0.05) is 45.4 Å². The molecule has 3 heterocycles. The van der Waals surface area contributed by atoms with Gasteiger partial charge in [0.05, 0.1) is 11.0 Å². The van der Waals surface area contributed by atoms with Gasteiger partial charge in [-0.05, 0) is 149 Å². The second kappa shape index (κ2) is 16.6. The second-order valence-electron chi connectivity index (χ2n) is 27.2. The van der Waals surface area contributed by atoms with Gasteiger partial charge < -0.3 is 9.80 Å². The van der Waals surface area contributed by atoms with Gasteiger partial charge in [-0.15, -0.1) is 0 Å². The third-order valence-electron chi connectivity index (χ3n) is 15.5. The van der Waals surface area contributed by atoms with Crippen molar-refractivity contribution in [2.45, 2.75) is 157 Å². The summed E-state index contributed by atoms with van der Waals surface area (Å²) in [6.07, 6.45) is 0. The SMILES string of the molecule is CC(C)(C)c1ccc(-c2nc3cc4c(cc3n2-c2ccccc2)B2c3cc(C(C)(C)C)ccc3N(c3cc(C(C)(C)C)cc(C(C)(C)C)c3)c3cccc(c32)N4c2cc(C(C)(C)C)cc(C(C)(C)C)c2)cc1. The van der Waals surface area contributed by atoms with E-state index in [0.29, 0.717) is 0 Å². The van der Waals surface area contributed by atoms with E-state index in [0.717, 1.165) is 28.1 Å². The highest BCUT2D eigenvalue weighted by Crippen LogP contribution is 2.48. The highest BCUT2D eigenvalue weighted by molar-refractivity contribution is 7.00. The van der Waals surface area contributed by atoms with Crippen LogP contribution in [0.25, 0.3) is 28.1 Å². The Morgan fingerprint density at radius 3 is 1.26 bits per heavy atom. The van der Waals surface area contributed by atoms with E-state index in [1.54, 1.807) is 0 Å². The van der Waals surface area contributed by atoms with Gasteiger partial charge in [0.2, 0.25) is 0 Å². The fourth-order valence-corrected chi connectivity index (χ4v) is 10.9. The normalized spacial score (nSPS) is 14.2. The molecule has 7 aromatic carbocycles. The fourth-order valence-electron chi connectivity index (χ4n) is 10.9.